The quantitative estimate of drug-likeness (QED) is 0.273. The van der Waals surface area contributed by atoms with Crippen molar-refractivity contribution in [3.05, 3.63) is 12.2 Å². The van der Waals surface area contributed by atoms with E-state index in [4.69, 9.17) is 15.3 Å². The minimum absolute atomic E-state index is 0.581. The Morgan fingerprint density at radius 1 is 1.33 bits per heavy atom. The van der Waals surface area contributed by atoms with Crippen LogP contribution in [-0.4, -0.2) is 40.2 Å². The second-order valence-corrected chi connectivity index (χ2v) is 1.78. The number of carbonyl (C=O) groups excluding carboxylic acids is 1. The van der Waals surface area contributed by atoms with Gasteiger partial charge in [-0.25, -0.2) is 9.59 Å². The van der Waals surface area contributed by atoms with Crippen molar-refractivity contribution in [1.82, 2.24) is 0 Å². The molecule has 6 nitrogen and oxygen atoms in total. The van der Waals surface area contributed by atoms with Gasteiger partial charge in [0.2, 0.25) is 0 Å². The fraction of sp³-hybridized carbons (Fsp3) is 0.333. The summed E-state index contributed by atoms with van der Waals surface area (Å²) in [6.07, 6.45) is -0.483. The summed E-state index contributed by atoms with van der Waals surface area (Å²) >= 11 is 0. The monoisotopic (exact) mass is 176 g/mol. The Bertz CT molecular complexity index is 194. The lowest BCUT2D eigenvalue weighted by atomic mass is 10.5. The molecule has 0 saturated carbocycles. The first-order valence-electron chi connectivity index (χ1n) is 2.96. The summed E-state index contributed by atoms with van der Waals surface area (Å²) < 4.78 is 4.16. The Morgan fingerprint density at radius 3 is 2.33 bits per heavy atom. The van der Waals surface area contributed by atoms with Crippen molar-refractivity contribution < 1.29 is 29.6 Å². The Balaban J connectivity index is 3.67. The predicted molar refractivity (Wildman–Crippen MR) is 36.0 cm³/mol. The van der Waals surface area contributed by atoms with Crippen LogP contribution in [0.25, 0.3) is 0 Å². The van der Waals surface area contributed by atoms with Gasteiger partial charge in [-0.3, -0.25) is 0 Å². The topological polar surface area (TPSA) is 104 Å². The first kappa shape index (κ1) is 10.6. The summed E-state index contributed by atoms with van der Waals surface area (Å²) in [6, 6.07) is 0. The molecule has 68 valence electrons. The van der Waals surface area contributed by atoms with Gasteiger partial charge in [-0.2, -0.15) is 0 Å². The third kappa shape index (κ3) is 6.72. The van der Waals surface area contributed by atoms with Gasteiger partial charge in [0.05, 0.1) is 0 Å². The number of carbonyl (C=O) groups is 2. The number of aliphatic carboxylic acids is 1. The van der Waals surface area contributed by atoms with Crippen molar-refractivity contribution in [2.45, 2.75) is 6.29 Å². The molecule has 0 aliphatic rings. The molecule has 0 rings (SSSR count). The molecule has 0 saturated heterocycles. The number of aliphatic hydroxyl groups is 2. The van der Waals surface area contributed by atoms with Crippen LogP contribution in [0.1, 0.15) is 0 Å². The molecule has 3 N–H and O–H groups in total. The van der Waals surface area contributed by atoms with Crippen LogP contribution in [0.3, 0.4) is 0 Å². The van der Waals surface area contributed by atoms with Gasteiger partial charge in [0.1, 0.15) is 6.61 Å². The SMILES string of the molecule is O=C(O)/C=C\C(=O)OCC(O)O. The van der Waals surface area contributed by atoms with E-state index in [-0.39, 0.29) is 0 Å². The summed E-state index contributed by atoms with van der Waals surface area (Å²) in [5, 5.41) is 24.5. The maximum atomic E-state index is 10.5. The third-order valence-electron chi connectivity index (χ3n) is 0.737. The van der Waals surface area contributed by atoms with Crippen molar-refractivity contribution >= 4 is 11.9 Å². The normalized spacial score (nSPS) is 10.6. The molecule has 0 aromatic rings. The van der Waals surface area contributed by atoms with Gasteiger partial charge in [0, 0.05) is 12.2 Å². The summed E-state index contributed by atoms with van der Waals surface area (Å²) in [5.74, 6) is -2.22. The van der Waals surface area contributed by atoms with Crippen LogP contribution < -0.4 is 0 Å². The van der Waals surface area contributed by atoms with Crippen LogP contribution in [0.2, 0.25) is 0 Å². The van der Waals surface area contributed by atoms with Gasteiger partial charge >= 0.3 is 11.9 Å². The van der Waals surface area contributed by atoms with E-state index in [1.54, 1.807) is 0 Å². The second-order valence-electron chi connectivity index (χ2n) is 1.78. The molecule has 0 heterocycles. The molecule has 6 heteroatoms. The van der Waals surface area contributed by atoms with E-state index < -0.39 is 24.8 Å². The molecule has 0 amide bonds. The summed E-state index contributed by atoms with van der Waals surface area (Å²) in [5.41, 5.74) is 0. The van der Waals surface area contributed by atoms with Crippen LogP contribution in [0.4, 0.5) is 0 Å². The number of carboxylic acid groups (broad SMARTS) is 1. The summed E-state index contributed by atoms with van der Waals surface area (Å²) in [6.45, 7) is -0.581. The number of hydrogen-bond acceptors (Lipinski definition) is 5. The van der Waals surface area contributed by atoms with Crippen molar-refractivity contribution in [2.75, 3.05) is 6.61 Å². The van der Waals surface area contributed by atoms with Crippen LogP contribution >= 0.6 is 0 Å². The molecule has 12 heavy (non-hydrogen) atoms. The van der Waals surface area contributed by atoms with Crippen molar-refractivity contribution in [3.8, 4) is 0 Å². The fourth-order valence-electron chi connectivity index (χ4n) is 0.344. The maximum absolute atomic E-state index is 10.5. The highest BCUT2D eigenvalue weighted by Crippen LogP contribution is 1.84. The highest BCUT2D eigenvalue weighted by Gasteiger charge is 2.01. The Kier molecular flexibility index (Phi) is 4.66. The first-order valence-corrected chi connectivity index (χ1v) is 2.96. The predicted octanol–water partition coefficient (Wildman–Crippen LogP) is -1.52. The number of ether oxygens (including phenoxy) is 1. The average Bonchev–Trinajstić information content (AvgIpc) is 1.96. The van der Waals surface area contributed by atoms with E-state index in [0.29, 0.717) is 12.2 Å². The molecule has 0 aromatic heterocycles. The molecule has 0 aliphatic carbocycles. The van der Waals surface area contributed by atoms with Gasteiger partial charge < -0.3 is 20.1 Å². The van der Waals surface area contributed by atoms with Gasteiger partial charge in [-0.1, -0.05) is 0 Å². The van der Waals surface area contributed by atoms with Crippen molar-refractivity contribution in [3.63, 3.8) is 0 Å². The Morgan fingerprint density at radius 2 is 1.92 bits per heavy atom. The highest BCUT2D eigenvalue weighted by molar-refractivity contribution is 5.90. The number of hydrogen-bond donors (Lipinski definition) is 3. The minimum Gasteiger partial charge on any atom is -0.478 e. The number of aliphatic hydroxyl groups excluding tert-OH is 1. The number of rotatable bonds is 4. The molecule has 0 unspecified atom stereocenters. The van der Waals surface area contributed by atoms with Gasteiger partial charge in [-0.05, 0) is 0 Å². The molecule has 0 aliphatic heterocycles. The molecular weight excluding hydrogens is 168 g/mol. The molecule has 0 radical (unpaired) electrons. The van der Waals surface area contributed by atoms with Crippen LogP contribution in [-0.2, 0) is 14.3 Å². The number of carboxylic acids is 1. The van der Waals surface area contributed by atoms with Crippen molar-refractivity contribution in [2.24, 2.45) is 0 Å². The average molecular weight is 176 g/mol. The molecule has 0 atom stereocenters. The smallest absolute Gasteiger partial charge is 0.331 e. The highest BCUT2D eigenvalue weighted by atomic mass is 16.6. The van der Waals surface area contributed by atoms with Crippen molar-refractivity contribution in [1.29, 1.82) is 0 Å². The van der Waals surface area contributed by atoms with Gasteiger partial charge in [-0.15, -0.1) is 0 Å². The lowest BCUT2D eigenvalue weighted by Gasteiger charge is -2.01. The standard InChI is InChI=1S/C6H8O6/c7-4(8)1-2-6(11)12-3-5(9)10/h1-2,5,9-10H,3H2,(H,7,8)/b2-1-. The fourth-order valence-corrected chi connectivity index (χ4v) is 0.344. The summed E-state index contributed by atoms with van der Waals surface area (Å²) in [7, 11) is 0. The van der Waals surface area contributed by atoms with Crippen LogP contribution in [0, 0.1) is 0 Å². The lowest BCUT2D eigenvalue weighted by Crippen LogP contribution is -2.16. The first-order chi connectivity index (χ1) is 5.52. The zero-order chi connectivity index (χ0) is 9.56. The Hall–Kier alpha value is -1.40. The molecule has 0 fully saturated rings. The lowest BCUT2D eigenvalue weighted by molar-refractivity contribution is -0.151. The molecular formula is C6H8O6. The Labute approximate surface area is 67.7 Å². The minimum atomic E-state index is -1.74. The third-order valence-corrected chi connectivity index (χ3v) is 0.737. The van der Waals surface area contributed by atoms with Gasteiger partial charge in [0.25, 0.3) is 0 Å². The molecule has 0 spiro atoms. The van der Waals surface area contributed by atoms with E-state index in [1.165, 1.54) is 0 Å². The van der Waals surface area contributed by atoms with E-state index in [2.05, 4.69) is 4.74 Å². The van der Waals surface area contributed by atoms with Crippen LogP contribution in [0.5, 0.6) is 0 Å². The molecule has 0 bridgehead atoms. The maximum Gasteiger partial charge on any atom is 0.331 e. The van der Waals surface area contributed by atoms with Crippen LogP contribution in [0.15, 0.2) is 12.2 Å². The summed E-state index contributed by atoms with van der Waals surface area (Å²) in [4.78, 5) is 20.3. The number of esters is 1. The zero-order valence-corrected chi connectivity index (χ0v) is 6.01. The van der Waals surface area contributed by atoms with E-state index in [9.17, 15) is 9.59 Å². The molecule has 0 aromatic carbocycles. The second kappa shape index (κ2) is 5.28. The van der Waals surface area contributed by atoms with E-state index in [1.807, 2.05) is 0 Å². The van der Waals surface area contributed by atoms with E-state index in [0.717, 1.165) is 0 Å². The van der Waals surface area contributed by atoms with E-state index >= 15 is 0 Å². The zero-order valence-electron chi connectivity index (χ0n) is 6.01. The largest absolute Gasteiger partial charge is 0.478 e. The van der Waals surface area contributed by atoms with Gasteiger partial charge in [0.15, 0.2) is 6.29 Å².